The van der Waals surface area contributed by atoms with Gasteiger partial charge in [0.05, 0.1) is 25.2 Å². The van der Waals surface area contributed by atoms with E-state index in [2.05, 4.69) is 5.32 Å². The van der Waals surface area contributed by atoms with Crippen molar-refractivity contribution >= 4 is 5.97 Å². The molecule has 4 N–H and O–H groups in total. The molecule has 0 aromatic heterocycles. The van der Waals surface area contributed by atoms with Crippen LogP contribution in [0.15, 0.2) is 0 Å². The molecule has 1 atom stereocenters. The third kappa shape index (κ3) is 4.04. The minimum Gasteiger partial charge on any atom is -0.481 e. The summed E-state index contributed by atoms with van der Waals surface area (Å²) in [6, 6.07) is -0.272. The molecule has 0 amide bonds. The van der Waals surface area contributed by atoms with Gasteiger partial charge in [0.1, 0.15) is 0 Å². The summed E-state index contributed by atoms with van der Waals surface area (Å²) in [5.74, 6) is -0.897. The van der Waals surface area contributed by atoms with Gasteiger partial charge in [0.25, 0.3) is 0 Å². The summed E-state index contributed by atoms with van der Waals surface area (Å²) in [5, 5.41) is 29.6. The number of carbonyl (C=O) groups is 1. The average Bonchev–Trinajstić information content (AvgIpc) is 2.13. The van der Waals surface area contributed by atoms with Crippen LogP contribution >= 0.6 is 0 Å². The minimum absolute atomic E-state index is 0.0260. The van der Waals surface area contributed by atoms with Gasteiger partial charge in [-0.3, -0.25) is 4.79 Å². The average molecular weight is 205 g/mol. The first-order valence-electron chi connectivity index (χ1n) is 4.71. The Kier molecular flexibility index (Phi) is 5.68. The molecule has 0 saturated carbocycles. The zero-order valence-electron chi connectivity index (χ0n) is 8.66. The maximum atomic E-state index is 10.4. The molecule has 0 aliphatic rings. The van der Waals surface area contributed by atoms with Crippen LogP contribution in [0.3, 0.4) is 0 Å². The summed E-state index contributed by atoms with van der Waals surface area (Å²) < 4.78 is 0. The van der Waals surface area contributed by atoms with Gasteiger partial charge in [-0.1, -0.05) is 6.92 Å². The van der Waals surface area contributed by atoms with E-state index in [0.717, 1.165) is 0 Å². The molecule has 14 heavy (non-hydrogen) atoms. The van der Waals surface area contributed by atoms with Crippen molar-refractivity contribution in [3.8, 4) is 0 Å². The van der Waals surface area contributed by atoms with Crippen molar-refractivity contribution in [2.75, 3.05) is 13.2 Å². The number of hydrogen-bond donors (Lipinski definition) is 4. The Hall–Kier alpha value is -0.650. The van der Waals surface area contributed by atoms with Gasteiger partial charge in [-0.15, -0.1) is 0 Å². The first kappa shape index (κ1) is 13.4. The van der Waals surface area contributed by atoms with Crippen LogP contribution in [0.2, 0.25) is 0 Å². The van der Waals surface area contributed by atoms with Crippen LogP contribution in [-0.2, 0) is 4.79 Å². The van der Waals surface area contributed by atoms with Gasteiger partial charge in [0, 0.05) is 6.04 Å². The number of aliphatic carboxylic acids is 1. The molecule has 0 bridgehead atoms. The Morgan fingerprint density at radius 2 is 1.93 bits per heavy atom. The Morgan fingerprint density at radius 3 is 2.21 bits per heavy atom. The van der Waals surface area contributed by atoms with Crippen LogP contribution in [-0.4, -0.2) is 46.1 Å². The van der Waals surface area contributed by atoms with E-state index < -0.39 is 11.5 Å². The molecule has 0 spiro atoms. The van der Waals surface area contributed by atoms with Crippen molar-refractivity contribution in [3.05, 3.63) is 0 Å². The Balaban J connectivity index is 4.21. The lowest BCUT2D eigenvalue weighted by Gasteiger charge is -2.32. The quantitative estimate of drug-likeness (QED) is 0.453. The summed E-state index contributed by atoms with van der Waals surface area (Å²) in [7, 11) is 0. The van der Waals surface area contributed by atoms with Crippen LogP contribution in [0.5, 0.6) is 0 Å². The molecule has 0 aliphatic heterocycles. The Bertz CT molecular complexity index is 171. The Labute approximate surface area is 83.8 Å². The van der Waals surface area contributed by atoms with Gasteiger partial charge >= 0.3 is 5.97 Å². The van der Waals surface area contributed by atoms with E-state index in [1.54, 1.807) is 6.92 Å². The zero-order valence-corrected chi connectivity index (χ0v) is 8.66. The van der Waals surface area contributed by atoms with Crippen LogP contribution in [0, 0.1) is 0 Å². The molecule has 84 valence electrons. The largest absolute Gasteiger partial charge is 0.481 e. The molecule has 0 heterocycles. The molecular formula is C9H19NO4. The number of carboxylic acid groups (broad SMARTS) is 1. The summed E-state index contributed by atoms with van der Waals surface area (Å²) in [6.45, 7) is 3.13. The van der Waals surface area contributed by atoms with Gasteiger partial charge < -0.3 is 20.6 Å². The molecule has 0 saturated heterocycles. The smallest absolute Gasteiger partial charge is 0.304 e. The van der Waals surface area contributed by atoms with Gasteiger partial charge in [0.15, 0.2) is 0 Å². The second-order valence-corrected chi connectivity index (χ2v) is 3.59. The molecule has 0 rings (SSSR count). The summed E-state index contributed by atoms with van der Waals surface area (Å²) in [4.78, 5) is 10.4. The number of carboxylic acids is 1. The number of nitrogens with one attached hydrogen (secondary N) is 1. The SMILES string of the molecule is CCC(CO)(CO)NC(C)CC(=O)O. The molecule has 1 unspecified atom stereocenters. The lowest BCUT2D eigenvalue weighted by Crippen LogP contribution is -2.55. The van der Waals surface area contributed by atoms with Crippen LogP contribution < -0.4 is 5.32 Å². The maximum absolute atomic E-state index is 10.4. The summed E-state index contributed by atoms with van der Waals surface area (Å²) >= 11 is 0. The molecule has 0 aromatic carbocycles. The van der Waals surface area contributed by atoms with Crippen LogP contribution in [0.25, 0.3) is 0 Å². The van der Waals surface area contributed by atoms with E-state index >= 15 is 0 Å². The molecule has 0 fully saturated rings. The highest BCUT2D eigenvalue weighted by Gasteiger charge is 2.28. The predicted molar refractivity (Wildman–Crippen MR) is 52.0 cm³/mol. The van der Waals surface area contributed by atoms with E-state index in [9.17, 15) is 4.79 Å². The van der Waals surface area contributed by atoms with E-state index in [1.165, 1.54) is 0 Å². The van der Waals surface area contributed by atoms with Crippen LogP contribution in [0.4, 0.5) is 0 Å². The fraction of sp³-hybridized carbons (Fsp3) is 0.889. The summed E-state index contributed by atoms with van der Waals surface area (Å²) in [5.41, 5.74) is -0.769. The highest BCUT2D eigenvalue weighted by molar-refractivity contribution is 5.67. The topological polar surface area (TPSA) is 89.8 Å². The van der Waals surface area contributed by atoms with Crippen molar-refractivity contribution in [2.45, 2.75) is 38.3 Å². The number of aliphatic hydroxyl groups excluding tert-OH is 2. The van der Waals surface area contributed by atoms with Crippen molar-refractivity contribution in [2.24, 2.45) is 0 Å². The minimum atomic E-state index is -0.897. The zero-order chi connectivity index (χ0) is 11.2. The summed E-state index contributed by atoms with van der Waals surface area (Å²) in [6.07, 6.45) is 0.520. The van der Waals surface area contributed by atoms with Gasteiger partial charge in [-0.2, -0.15) is 0 Å². The Morgan fingerprint density at radius 1 is 1.43 bits per heavy atom. The molecule has 0 aromatic rings. The van der Waals surface area contributed by atoms with Crippen molar-refractivity contribution in [3.63, 3.8) is 0 Å². The van der Waals surface area contributed by atoms with Crippen molar-refractivity contribution < 1.29 is 20.1 Å². The molecule has 0 aliphatic carbocycles. The van der Waals surface area contributed by atoms with Crippen molar-refractivity contribution in [1.29, 1.82) is 0 Å². The second kappa shape index (κ2) is 5.95. The van der Waals surface area contributed by atoms with Gasteiger partial charge in [-0.25, -0.2) is 0 Å². The monoisotopic (exact) mass is 205 g/mol. The fourth-order valence-electron chi connectivity index (χ4n) is 1.30. The lowest BCUT2D eigenvalue weighted by atomic mass is 9.97. The molecule has 5 heteroatoms. The highest BCUT2D eigenvalue weighted by atomic mass is 16.4. The van der Waals surface area contributed by atoms with E-state index in [4.69, 9.17) is 15.3 Å². The van der Waals surface area contributed by atoms with Gasteiger partial charge in [-0.05, 0) is 13.3 Å². The molecule has 5 nitrogen and oxygen atoms in total. The normalized spacial score (nSPS) is 14.0. The first-order valence-corrected chi connectivity index (χ1v) is 4.71. The first-order chi connectivity index (χ1) is 6.49. The van der Waals surface area contributed by atoms with E-state index in [1.807, 2.05) is 6.92 Å². The van der Waals surface area contributed by atoms with Crippen molar-refractivity contribution in [1.82, 2.24) is 5.32 Å². The van der Waals surface area contributed by atoms with Gasteiger partial charge in [0.2, 0.25) is 0 Å². The molecule has 0 radical (unpaired) electrons. The third-order valence-corrected chi connectivity index (χ3v) is 2.32. The number of aliphatic hydroxyl groups is 2. The highest BCUT2D eigenvalue weighted by Crippen LogP contribution is 2.10. The number of hydrogen-bond acceptors (Lipinski definition) is 4. The van der Waals surface area contributed by atoms with Crippen LogP contribution in [0.1, 0.15) is 26.7 Å². The predicted octanol–water partition coefficient (Wildman–Crippen LogP) is -0.427. The van der Waals surface area contributed by atoms with E-state index in [0.29, 0.717) is 6.42 Å². The van der Waals surface area contributed by atoms with E-state index in [-0.39, 0.29) is 25.7 Å². The number of rotatable bonds is 7. The lowest BCUT2D eigenvalue weighted by molar-refractivity contribution is -0.137. The standard InChI is InChI=1S/C9H19NO4/c1-3-9(5-11,6-12)10-7(2)4-8(13)14/h7,10-12H,3-6H2,1-2H3,(H,13,14). The molecular weight excluding hydrogens is 186 g/mol. The second-order valence-electron chi connectivity index (χ2n) is 3.59. The third-order valence-electron chi connectivity index (χ3n) is 2.32. The maximum Gasteiger partial charge on any atom is 0.304 e. The fourth-order valence-corrected chi connectivity index (χ4v) is 1.30.